The lowest BCUT2D eigenvalue weighted by molar-refractivity contribution is 0.0997. The van der Waals surface area contributed by atoms with Crippen molar-refractivity contribution in [1.82, 2.24) is 14.4 Å². The molecule has 0 spiro atoms. The van der Waals surface area contributed by atoms with Gasteiger partial charge in [-0.05, 0) is 31.2 Å². The fourth-order valence-corrected chi connectivity index (χ4v) is 2.50. The molecule has 2 N–H and O–H groups in total. The van der Waals surface area contributed by atoms with Crippen molar-refractivity contribution in [2.75, 3.05) is 6.79 Å². The van der Waals surface area contributed by atoms with Crippen molar-refractivity contribution >= 4 is 11.6 Å². The number of hydrogen-bond acceptors (Lipinski definition) is 5. The van der Waals surface area contributed by atoms with Gasteiger partial charge in [0.15, 0.2) is 22.8 Å². The molecule has 1 aliphatic rings. The van der Waals surface area contributed by atoms with Gasteiger partial charge in [0.2, 0.25) is 6.79 Å². The monoisotopic (exact) mass is 296 g/mol. The number of nitrogens with two attached hydrogens (primary N) is 1. The Morgan fingerprint density at radius 1 is 1.27 bits per heavy atom. The van der Waals surface area contributed by atoms with E-state index in [2.05, 4.69) is 9.97 Å². The van der Waals surface area contributed by atoms with Crippen LogP contribution in [0.4, 0.5) is 0 Å². The van der Waals surface area contributed by atoms with Gasteiger partial charge in [0, 0.05) is 11.3 Å². The third kappa shape index (κ3) is 1.79. The second-order valence-electron chi connectivity index (χ2n) is 5.00. The van der Waals surface area contributed by atoms with Crippen LogP contribution in [0.25, 0.3) is 16.9 Å². The normalized spacial score (nSPS) is 12.8. The summed E-state index contributed by atoms with van der Waals surface area (Å²) in [5, 5.41) is 0. The first kappa shape index (κ1) is 12.6. The standard InChI is InChI=1S/C15H12N4O3/c1-8-4-10(9-2-3-11-12(5-9)22-7-21-11)18-15-13(14(16)20)17-6-19(8)15/h2-6H,7H2,1H3,(H2,16,20). The fraction of sp³-hybridized carbons (Fsp3) is 0.133. The highest BCUT2D eigenvalue weighted by atomic mass is 16.7. The first-order valence-corrected chi connectivity index (χ1v) is 6.68. The summed E-state index contributed by atoms with van der Waals surface area (Å²) in [7, 11) is 0. The van der Waals surface area contributed by atoms with Crippen LogP contribution < -0.4 is 15.2 Å². The molecule has 1 aliphatic heterocycles. The number of fused-ring (bicyclic) bond motifs is 2. The van der Waals surface area contributed by atoms with Crippen LogP contribution in [0.15, 0.2) is 30.6 Å². The lowest BCUT2D eigenvalue weighted by Crippen LogP contribution is -2.12. The smallest absolute Gasteiger partial charge is 0.271 e. The van der Waals surface area contributed by atoms with Crippen LogP contribution in [0, 0.1) is 6.92 Å². The van der Waals surface area contributed by atoms with Crippen LogP contribution in [-0.2, 0) is 0 Å². The van der Waals surface area contributed by atoms with Crippen molar-refractivity contribution in [1.29, 1.82) is 0 Å². The molecule has 0 aliphatic carbocycles. The quantitative estimate of drug-likeness (QED) is 0.774. The Morgan fingerprint density at radius 2 is 2.09 bits per heavy atom. The zero-order valence-corrected chi connectivity index (χ0v) is 11.7. The Morgan fingerprint density at radius 3 is 2.91 bits per heavy atom. The molecule has 3 aromatic rings. The number of carbonyl (C=O) groups excluding carboxylic acids is 1. The maximum Gasteiger partial charge on any atom is 0.271 e. The van der Waals surface area contributed by atoms with Crippen LogP contribution in [-0.4, -0.2) is 27.1 Å². The molecule has 7 heteroatoms. The van der Waals surface area contributed by atoms with Gasteiger partial charge in [-0.25, -0.2) is 9.97 Å². The molecule has 0 radical (unpaired) electrons. The van der Waals surface area contributed by atoms with Crippen molar-refractivity contribution in [3.63, 3.8) is 0 Å². The lowest BCUT2D eigenvalue weighted by atomic mass is 10.1. The van der Waals surface area contributed by atoms with E-state index in [1.807, 2.05) is 31.2 Å². The third-order valence-corrected chi connectivity index (χ3v) is 3.60. The summed E-state index contributed by atoms with van der Waals surface area (Å²) in [4.78, 5) is 20.0. The number of rotatable bonds is 2. The first-order chi connectivity index (χ1) is 10.6. The first-order valence-electron chi connectivity index (χ1n) is 6.68. The minimum absolute atomic E-state index is 0.158. The largest absolute Gasteiger partial charge is 0.454 e. The van der Waals surface area contributed by atoms with Crippen molar-refractivity contribution in [2.45, 2.75) is 6.92 Å². The van der Waals surface area contributed by atoms with Gasteiger partial charge in [-0.15, -0.1) is 0 Å². The summed E-state index contributed by atoms with van der Waals surface area (Å²) in [5.74, 6) is 0.793. The van der Waals surface area contributed by atoms with Gasteiger partial charge < -0.3 is 15.2 Å². The summed E-state index contributed by atoms with van der Waals surface area (Å²) in [5.41, 5.74) is 8.43. The molecule has 2 aromatic heterocycles. The predicted octanol–water partition coefficient (Wildman–Crippen LogP) is 1.53. The summed E-state index contributed by atoms with van der Waals surface area (Å²) in [6, 6.07) is 7.51. The number of primary amides is 1. The van der Waals surface area contributed by atoms with Crippen molar-refractivity contribution in [3.8, 4) is 22.8 Å². The number of benzene rings is 1. The zero-order valence-electron chi connectivity index (χ0n) is 11.7. The summed E-state index contributed by atoms with van der Waals surface area (Å²) < 4.78 is 12.4. The van der Waals surface area contributed by atoms with Gasteiger partial charge in [0.25, 0.3) is 5.91 Å². The van der Waals surface area contributed by atoms with Gasteiger partial charge in [-0.3, -0.25) is 9.20 Å². The Labute approximate surface area is 125 Å². The third-order valence-electron chi connectivity index (χ3n) is 3.60. The molecule has 0 bridgehead atoms. The molecule has 0 atom stereocenters. The molecule has 0 saturated heterocycles. The number of aryl methyl sites for hydroxylation is 1. The van der Waals surface area contributed by atoms with Crippen LogP contribution >= 0.6 is 0 Å². The second kappa shape index (κ2) is 4.45. The maximum absolute atomic E-state index is 11.5. The Balaban J connectivity index is 1.91. The summed E-state index contributed by atoms with van der Waals surface area (Å²) in [6.45, 7) is 2.14. The van der Waals surface area contributed by atoms with E-state index in [0.717, 1.165) is 11.3 Å². The number of nitrogens with zero attached hydrogens (tertiary/aromatic N) is 3. The minimum atomic E-state index is -0.600. The maximum atomic E-state index is 11.5. The Bertz CT molecular complexity index is 917. The number of ether oxygens (including phenoxy) is 2. The van der Waals surface area contributed by atoms with E-state index >= 15 is 0 Å². The van der Waals surface area contributed by atoms with Gasteiger partial charge in [-0.1, -0.05) is 0 Å². The van der Waals surface area contributed by atoms with Gasteiger partial charge in [-0.2, -0.15) is 0 Å². The fourth-order valence-electron chi connectivity index (χ4n) is 2.50. The van der Waals surface area contributed by atoms with Crippen LogP contribution in [0.2, 0.25) is 0 Å². The van der Waals surface area contributed by atoms with Crippen LogP contribution in [0.1, 0.15) is 16.2 Å². The second-order valence-corrected chi connectivity index (χ2v) is 5.00. The van der Waals surface area contributed by atoms with Crippen LogP contribution in [0.5, 0.6) is 11.5 Å². The number of aromatic nitrogens is 3. The number of carbonyl (C=O) groups is 1. The van der Waals surface area contributed by atoms with E-state index in [4.69, 9.17) is 15.2 Å². The van der Waals surface area contributed by atoms with Gasteiger partial charge in [0.05, 0.1) is 5.69 Å². The van der Waals surface area contributed by atoms with Crippen molar-refractivity contribution in [3.05, 3.63) is 42.0 Å². The van der Waals surface area contributed by atoms with Crippen LogP contribution in [0.3, 0.4) is 0 Å². The highest BCUT2D eigenvalue weighted by Crippen LogP contribution is 2.35. The molecule has 3 heterocycles. The SMILES string of the molecule is Cc1cc(-c2ccc3c(c2)OCO3)nc2c(C(N)=O)ncn12. The minimum Gasteiger partial charge on any atom is -0.454 e. The number of imidazole rings is 1. The molecule has 22 heavy (non-hydrogen) atoms. The molecular weight excluding hydrogens is 284 g/mol. The van der Waals surface area contributed by atoms with E-state index in [1.54, 1.807) is 10.7 Å². The van der Waals surface area contributed by atoms with Crippen molar-refractivity contribution in [2.24, 2.45) is 5.73 Å². The molecule has 1 aromatic carbocycles. The molecule has 4 rings (SSSR count). The molecular formula is C15H12N4O3. The molecule has 0 saturated carbocycles. The number of amides is 1. The number of hydrogen-bond donors (Lipinski definition) is 1. The average Bonchev–Trinajstić information content (AvgIpc) is 3.12. The van der Waals surface area contributed by atoms with E-state index < -0.39 is 5.91 Å². The molecule has 110 valence electrons. The van der Waals surface area contributed by atoms with Gasteiger partial charge in [0.1, 0.15) is 6.33 Å². The zero-order chi connectivity index (χ0) is 15.3. The van der Waals surface area contributed by atoms with E-state index in [-0.39, 0.29) is 12.5 Å². The summed E-state index contributed by atoms with van der Waals surface area (Å²) >= 11 is 0. The highest BCUT2D eigenvalue weighted by Gasteiger charge is 2.17. The van der Waals surface area contributed by atoms with Gasteiger partial charge >= 0.3 is 0 Å². The van der Waals surface area contributed by atoms with E-state index in [0.29, 0.717) is 22.8 Å². The Hall–Kier alpha value is -3.09. The van der Waals surface area contributed by atoms with E-state index in [1.165, 1.54) is 0 Å². The van der Waals surface area contributed by atoms with Crippen molar-refractivity contribution < 1.29 is 14.3 Å². The molecule has 7 nitrogen and oxygen atoms in total. The predicted molar refractivity (Wildman–Crippen MR) is 77.8 cm³/mol. The Kier molecular flexibility index (Phi) is 2.56. The molecule has 0 unspecified atom stereocenters. The summed E-state index contributed by atoms with van der Waals surface area (Å²) in [6.07, 6.45) is 1.54. The molecule has 0 fully saturated rings. The highest BCUT2D eigenvalue weighted by molar-refractivity contribution is 5.97. The average molecular weight is 296 g/mol. The van der Waals surface area contributed by atoms with E-state index in [9.17, 15) is 4.79 Å². The molecule has 1 amide bonds. The topological polar surface area (TPSA) is 91.7 Å². The lowest BCUT2D eigenvalue weighted by Gasteiger charge is -2.06.